The fraction of sp³-hybridized carbons (Fsp3) is 0.625. The lowest BCUT2D eigenvalue weighted by atomic mass is 9.71. The lowest BCUT2D eigenvalue weighted by Crippen LogP contribution is -2.48. The third-order valence-electron chi connectivity index (χ3n) is 5.13. The number of hydrogen-bond acceptors (Lipinski definition) is 3. The van der Waals surface area contributed by atoms with Gasteiger partial charge < -0.3 is 9.80 Å². The first-order valence-electron chi connectivity index (χ1n) is 7.70. The average molecular weight is 352 g/mol. The molecule has 1 aromatic rings. The van der Waals surface area contributed by atoms with Crippen molar-refractivity contribution in [3.8, 4) is 0 Å². The third kappa shape index (κ3) is 3.23. The van der Waals surface area contributed by atoms with Crippen molar-refractivity contribution in [1.82, 2.24) is 9.88 Å². The van der Waals surface area contributed by atoms with Crippen LogP contribution in [0.25, 0.3) is 0 Å². The fourth-order valence-corrected chi connectivity index (χ4v) is 3.80. The molecule has 2 saturated heterocycles. The summed E-state index contributed by atoms with van der Waals surface area (Å²) in [6, 6.07) is 4.14. The first-order valence-corrected chi connectivity index (χ1v) is 8.49. The number of hydrogen-bond donors (Lipinski definition) is 0. The molecule has 1 spiro atoms. The zero-order chi connectivity index (χ0) is 14.9. The molecule has 2 aliphatic rings. The highest BCUT2D eigenvalue weighted by molar-refractivity contribution is 9.10. The lowest BCUT2D eigenvalue weighted by Gasteiger charge is -2.47. The van der Waals surface area contributed by atoms with Crippen LogP contribution in [0.15, 0.2) is 22.8 Å². The van der Waals surface area contributed by atoms with Gasteiger partial charge in [-0.3, -0.25) is 4.79 Å². The predicted molar refractivity (Wildman–Crippen MR) is 87.3 cm³/mol. The largest absolute Gasteiger partial charge is 0.357 e. The van der Waals surface area contributed by atoms with Crippen molar-refractivity contribution < 1.29 is 4.79 Å². The molecule has 1 amide bonds. The van der Waals surface area contributed by atoms with Crippen LogP contribution >= 0.6 is 15.9 Å². The highest BCUT2D eigenvalue weighted by Gasteiger charge is 2.38. The highest BCUT2D eigenvalue weighted by atomic mass is 79.9. The van der Waals surface area contributed by atoms with Crippen molar-refractivity contribution in [1.29, 1.82) is 0 Å². The summed E-state index contributed by atoms with van der Waals surface area (Å²) in [5.41, 5.74) is 0.456. The Labute approximate surface area is 134 Å². The van der Waals surface area contributed by atoms with Crippen molar-refractivity contribution >= 4 is 27.7 Å². The smallest absolute Gasteiger partial charge is 0.219 e. The van der Waals surface area contributed by atoms with E-state index in [9.17, 15) is 4.79 Å². The molecule has 5 heteroatoms. The summed E-state index contributed by atoms with van der Waals surface area (Å²) in [6.07, 6.45) is 6.63. The Bertz CT molecular complexity index is 499. The Kier molecular flexibility index (Phi) is 4.20. The topological polar surface area (TPSA) is 36.4 Å². The van der Waals surface area contributed by atoms with E-state index < -0.39 is 0 Å². The number of rotatable bonds is 1. The van der Waals surface area contributed by atoms with Crippen LogP contribution in [0.5, 0.6) is 0 Å². The zero-order valence-electron chi connectivity index (χ0n) is 12.5. The van der Waals surface area contributed by atoms with Crippen LogP contribution in [0, 0.1) is 5.41 Å². The number of amides is 1. The van der Waals surface area contributed by atoms with Gasteiger partial charge in [0.25, 0.3) is 0 Å². The molecule has 2 aliphatic heterocycles. The fourth-order valence-electron chi connectivity index (χ4n) is 3.56. The van der Waals surface area contributed by atoms with Gasteiger partial charge >= 0.3 is 0 Å². The maximum absolute atomic E-state index is 11.4. The van der Waals surface area contributed by atoms with Gasteiger partial charge in [-0.25, -0.2) is 4.98 Å². The van der Waals surface area contributed by atoms with Gasteiger partial charge in [-0.1, -0.05) is 0 Å². The van der Waals surface area contributed by atoms with Crippen molar-refractivity contribution in [2.75, 3.05) is 31.1 Å². The van der Waals surface area contributed by atoms with Crippen molar-refractivity contribution in [3.63, 3.8) is 0 Å². The summed E-state index contributed by atoms with van der Waals surface area (Å²) < 4.78 is 1.02. The van der Waals surface area contributed by atoms with Crippen LogP contribution in [0.1, 0.15) is 32.6 Å². The Hall–Kier alpha value is -1.10. The number of nitrogens with zero attached hydrogens (tertiary/aromatic N) is 3. The number of carbonyl (C=O) groups is 1. The second kappa shape index (κ2) is 5.95. The molecule has 3 heterocycles. The molecule has 0 bridgehead atoms. The molecule has 21 heavy (non-hydrogen) atoms. The molecule has 2 fully saturated rings. The Morgan fingerprint density at radius 1 is 1.14 bits per heavy atom. The number of likely N-dealkylation sites (tertiary alicyclic amines) is 1. The third-order valence-corrected chi connectivity index (χ3v) is 5.60. The normalized spacial score (nSPS) is 21.6. The molecule has 0 unspecified atom stereocenters. The van der Waals surface area contributed by atoms with E-state index in [2.05, 4.69) is 37.9 Å². The van der Waals surface area contributed by atoms with E-state index in [1.165, 1.54) is 12.8 Å². The van der Waals surface area contributed by atoms with E-state index in [0.717, 1.165) is 49.3 Å². The number of aromatic nitrogens is 1. The number of halogens is 1. The van der Waals surface area contributed by atoms with Crippen LogP contribution in [0.2, 0.25) is 0 Å². The van der Waals surface area contributed by atoms with E-state index in [4.69, 9.17) is 0 Å². The van der Waals surface area contributed by atoms with Gasteiger partial charge in [0.05, 0.1) is 0 Å². The van der Waals surface area contributed by atoms with Crippen LogP contribution in [-0.2, 0) is 4.79 Å². The molecule has 4 nitrogen and oxygen atoms in total. The van der Waals surface area contributed by atoms with Gasteiger partial charge in [0.2, 0.25) is 5.91 Å². The quantitative estimate of drug-likeness (QED) is 0.779. The summed E-state index contributed by atoms with van der Waals surface area (Å²) in [7, 11) is 0. The van der Waals surface area contributed by atoms with Crippen LogP contribution < -0.4 is 4.90 Å². The lowest BCUT2D eigenvalue weighted by molar-refractivity contribution is -0.131. The van der Waals surface area contributed by atoms with Gasteiger partial charge in [-0.05, 0) is 59.2 Å². The van der Waals surface area contributed by atoms with E-state index in [-0.39, 0.29) is 5.91 Å². The van der Waals surface area contributed by atoms with Gasteiger partial charge in [0.15, 0.2) is 0 Å². The average Bonchev–Trinajstić information content (AvgIpc) is 2.50. The molecular weight excluding hydrogens is 330 g/mol. The number of anilines is 1. The van der Waals surface area contributed by atoms with E-state index in [0.29, 0.717) is 5.41 Å². The zero-order valence-corrected chi connectivity index (χ0v) is 14.1. The second-order valence-electron chi connectivity index (χ2n) is 6.33. The van der Waals surface area contributed by atoms with E-state index >= 15 is 0 Å². The van der Waals surface area contributed by atoms with E-state index in [1.54, 1.807) is 6.92 Å². The van der Waals surface area contributed by atoms with Gasteiger partial charge in [0, 0.05) is 43.8 Å². The van der Waals surface area contributed by atoms with Crippen molar-refractivity contribution in [2.24, 2.45) is 5.41 Å². The van der Waals surface area contributed by atoms with Gasteiger partial charge in [-0.15, -0.1) is 0 Å². The number of pyridine rings is 1. The minimum absolute atomic E-state index is 0.223. The summed E-state index contributed by atoms with van der Waals surface area (Å²) in [6.45, 7) is 5.71. The van der Waals surface area contributed by atoms with Gasteiger partial charge in [0.1, 0.15) is 5.82 Å². The van der Waals surface area contributed by atoms with Crippen molar-refractivity contribution in [2.45, 2.75) is 32.6 Å². The maximum atomic E-state index is 11.4. The summed E-state index contributed by atoms with van der Waals surface area (Å²) >= 11 is 3.43. The minimum atomic E-state index is 0.223. The molecule has 3 rings (SSSR count). The molecule has 0 aromatic carbocycles. The van der Waals surface area contributed by atoms with Gasteiger partial charge in [-0.2, -0.15) is 0 Å². The molecule has 0 aliphatic carbocycles. The second-order valence-corrected chi connectivity index (χ2v) is 7.24. The molecule has 114 valence electrons. The first kappa shape index (κ1) is 14.8. The molecular formula is C16H22BrN3O. The Morgan fingerprint density at radius 3 is 2.29 bits per heavy atom. The SMILES string of the molecule is CC(=O)N1CCC2(CC1)CCN(c1ccc(Br)cn1)CC2. The number of piperidine rings is 2. The molecule has 0 radical (unpaired) electrons. The predicted octanol–water partition coefficient (Wildman–Crippen LogP) is 3.07. The monoisotopic (exact) mass is 351 g/mol. The summed E-state index contributed by atoms with van der Waals surface area (Å²) in [4.78, 5) is 20.3. The molecule has 0 N–H and O–H groups in total. The number of carbonyl (C=O) groups excluding carboxylic acids is 1. The Morgan fingerprint density at radius 2 is 1.76 bits per heavy atom. The Balaban J connectivity index is 1.58. The summed E-state index contributed by atoms with van der Waals surface area (Å²) in [5, 5.41) is 0. The standard InChI is InChI=1S/C16H22BrN3O/c1-13(21)19-8-4-16(5-9-19)6-10-20(11-7-16)15-3-2-14(17)12-18-15/h2-3,12H,4-11H2,1H3. The first-order chi connectivity index (χ1) is 10.1. The summed E-state index contributed by atoms with van der Waals surface area (Å²) in [5.74, 6) is 1.30. The highest BCUT2D eigenvalue weighted by Crippen LogP contribution is 2.41. The van der Waals surface area contributed by atoms with Crippen LogP contribution in [-0.4, -0.2) is 42.0 Å². The molecule has 0 saturated carbocycles. The van der Waals surface area contributed by atoms with Crippen molar-refractivity contribution in [3.05, 3.63) is 22.8 Å². The van der Waals surface area contributed by atoms with Crippen LogP contribution in [0.4, 0.5) is 5.82 Å². The molecule has 0 atom stereocenters. The van der Waals surface area contributed by atoms with E-state index in [1.807, 2.05) is 11.1 Å². The van der Waals surface area contributed by atoms with Crippen LogP contribution in [0.3, 0.4) is 0 Å². The minimum Gasteiger partial charge on any atom is -0.357 e. The maximum Gasteiger partial charge on any atom is 0.219 e. The molecule has 1 aromatic heterocycles.